The van der Waals surface area contributed by atoms with Crippen LogP contribution in [0.15, 0.2) is 36.7 Å². The predicted molar refractivity (Wildman–Crippen MR) is 109 cm³/mol. The Bertz CT molecular complexity index is 987. The standard InChI is InChI=1S/C21H26N6O/c1-25(2)19-6-8-27(9-7-19)21(28)12-18-11-16-10-15(4-5-20(16)24-23-18)17-13-22-26(3)14-17/h4-5,10-11,13-14,19H,6-9,12H2,1-3H3. The molecule has 0 radical (unpaired) electrons. The Kier molecular flexibility index (Phi) is 5.09. The first-order valence-corrected chi connectivity index (χ1v) is 9.69. The minimum absolute atomic E-state index is 0.134. The number of amides is 1. The van der Waals surface area contributed by atoms with E-state index in [1.54, 1.807) is 4.68 Å². The van der Waals surface area contributed by atoms with Crippen molar-refractivity contribution in [3.8, 4) is 11.1 Å². The predicted octanol–water partition coefficient (Wildman–Crippen LogP) is 2.13. The van der Waals surface area contributed by atoms with Gasteiger partial charge in [0.2, 0.25) is 5.91 Å². The van der Waals surface area contributed by atoms with E-state index in [-0.39, 0.29) is 5.91 Å². The van der Waals surface area contributed by atoms with Crippen molar-refractivity contribution >= 4 is 16.8 Å². The maximum absolute atomic E-state index is 12.7. The number of aryl methyl sites for hydroxylation is 1. The van der Waals surface area contributed by atoms with Crippen LogP contribution in [0.2, 0.25) is 0 Å². The first kappa shape index (κ1) is 18.6. The number of hydrogen-bond donors (Lipinski definition) is 0. The molecule has 4 rings (SSSR count). The van der Waals surface area contributed by atoms with E-state index in [4.69, 9.17) is 0 Å². The summed E-state index contributed by atoms with van der Waals surface area (Å²) in [6, 6.07) is 8.61. The van der Waals surface area contributed by atoms with Crippen LogP contribution in [0.1, 0.15) is 18.5 Å². The van der Waals surface area contributed by atoms with E-state index in [1.165, 1.54) is 0 Å². The molecule has 0 bridgehead atoms. The van der Waals surface area contributed by atoms with Crippen LogP contribution in [-0.2, 0) is 18.3 Å². The number of likely N-dealkylation sites (tertiary alicyclic amines) is 1. The minimum Gasteiger partial charge on any atom is -0.342 e. The van der Waals surface area contributed by atoms with E-state index < -0.39 is 0 Å². The third-order valence-corrected chi connectivity index (χ3v) is 5.55. The van der Waals surface area contributed by atoms with Gasteiger partial charge in [0.1, 0.15) is 0 Å². The SMILES string of the molecule is CN(C)C1CCN(C(=O)Cc2cc3cc(-c4cnn(C)c4)ccc3nn2)CC1. The number of benzene rings is 1. The van der Waals surface area contributed by atoms with Crippen molar-refractivity contribution in [2.45, 2.75) is 25.3 Å². The lowest BCUT2D eigenvalue weighted by atomic mass is 10.0. The Hall–Kier alpha value is -2.80. The lowest BCUT2D eigenvalue weighted by Crippen LogP contribution is -2.45. The highest BCUT2D eigenvalue weighted by molar-refractivity contribution is 5.85. The summed E-state index contributed by atoms with van der Waals surface area (Å²) >= 11 is 0. The summed E-state index contributed by atoms with van der Waals surface area (Å²) in [5.74, 6) is 0.134. The molecule has 3 heterocycles. The molecule has 3 aromatic rings. The Morgan fingerprint density at radius 1 is 1.14 bits per heavy atom. The van der Waals surface area contributed by atoms with Crippen molar-refractivity contribution in [3.05, 3.63) is 42.4 Å². The minimum atomic E-state index is 0.134. The van der Waals surface area contributed by atoms with Gasteiger partial charge in [0.25, 0.3) is 0 Å². The lowest BCUT2D eigenvalue weighted by Gasteiger charge is -2.35. The molecular formula is C21H26N6O. The van der Waals surface area contributed by atoms with Gasteiger partial charge >= 0.3 is 0 Å². The van der Waals surface area contributed by atoms with Crippen LogP contribution in [-0.4, -0.2) is 68.9 Å². The summed E-state index contributed by atoms with van der Waals surface area (Å²) in [5.41, 5.74) is 3.69. The molecule has 0 atom stereocenters. The quantitative estimate of drug-likeness (QED) is 0.696. The van der Waals surface area contributed by atoms with Crippen LogP contribution in [0.25, 0.3) is 22.0 Å². The number of rotatable bonds is 4. The Balaban J connectivity index is 1.49. The second kappa shape index (κ2) is 7.67. The lowest BCUT2D eigenvalue weighted by molar-refractivity contribution is -0.132. The number of piperidine rings is 1. The van der Waals surface area contributed by atoms with E-state index in [2.05, 4.69) is 40.4 Å². The van der Waals surface area contributed by atoms with Crippen molar-refractivity contribution in [2.24, 2.45) is 7.05 Å². The van der Waals surface area contributed by atoms with Crippen molar-refractivity contribution in [3.63, 3.8) is 0 Å². The van der Waals surface area contributed by atoms with E-state index in [0.717, 1.165) is 53.7 Å². The molecule has 0 unspecified atom stereocenters. The number of hydrogen-bond acceptors (Lipinski definition) is 5. The fourth-order valence-electron chi connectivity index (χ4n) is 3.82. The molecule has 1 fully saturated rings. The zero-order chi connectivity index (χ0) is 19.7. The maximum atomic E-state index is 12.7. The van der Waals surface area contributed by atoms with Crippen molar-refractivity contribution in [2.75, 3.05) is 27.2 Å². The molecule has 7 heteroatoms. The molecule has 1 amide bonds. The van der Waals surface area contributed by atoms with Gasteiger partial charge in [-0.25, -0.2) is 0 Å². The molecule has 0 saturated carbocycles. The summed E-state index contributed by atoms with van der Waals surface area (Å²) in [6.07, 6.45) is 6.18. The van der Waals surface area contributed by atoms with Gasteiger partial charge in [-0.15, -0.1) is 0 Å². The molecule has 1 aliphatic rings. The number of fused-ring (bicyclic) bond motifs is 1. The molecule has 146 valence electrons. The molecule has 0 aliphatic carbocycles. The molecule has 0 N–H and O–H groups in total. The largest absolute Gasteiger partial charge is 0.342 e. The molecule has 1 aliphatic heterocycles. The normalized spacial score (nSPS) is 15.5. The molecule has 7 nitrogen and oxygen atoms in total. The summed E-state index contributed by atoms with van der Waals surface area (Å²) < 4.78 is 1.79. The highest BCUT2D eigenvalue weighted by Crippen LogP contribution is 2.23. The zero-order valence-electron chi connectivity index (χ0n) is 16.7. The van der Waals surface area contributed by atoms with E-state index in [0.29, 0.717) is 12.5 Å². The van der Waals surface area contributed by atoms with Crippen LogP contribution in [0.4, 0.5) is 0 Å². The second-order valence-corrected chi connectivity index (χ2v) is 7.76. The first-order valence-electron chi connectivity index (χ1n) is 9.69. The topological polar surface area (TPSA) is 67.2 Å². The summed E-state index contributed by atoms with van der Waals surface area (Å²) in [4.78, 5) is 16.9. The first-order chi connectivity index (χ1) is 13.5. The van der Waals surface area contributed by atoms with Crippen LogP contribution in [0, 0.1) is 0 Å². The van der Waals surface area contributed by atoms with Gasteiger partial charge in [-0.1, -0.05) is 6.07 Å². The number of carbonyl (C=O) groups is 1. The van der Waals surface area contributed by atoms with Crippen LogP contribution in [0.3, 0.4) is 0 Å². The highest BCUT2D eigenvalue weighted by atomic mass is 16.2. The van der Waals surface area contributed by atoms with Crippen LogP contribution >= 0.6 is 0 Å². The number of carbonyl (C=O) groups excluding carboxylic acids is 1. The molecule has 28 heavy (non-hydrogen) atoms. The van der Waals surface area contributed by atoms with Gasteiger partial charge < -0.3 is 9.80 Å². The average molecular weight is 378 g/mol. The molecule has 0 spiro atoms. The second-order valence-electron chi connectivity index (χ2n) is 7.76. The molecule has 1 aromatic carbocycles. The fraction of sp³-hybridized carbons (Fsp3) is 0.429. The van der Waals surface area contributed by atoms with E-state index >= 15 is 0 Å². The molecule has 2 aromatic heterocycles. The Labute approximate surface area is 165 Å². The summed E-state index contributed by atoms with van der Waals surface area (Å²) in [5, 5.41) is 13.8. The molecule has 1 saturated heterocycles. The van der Waals surface area contributed by atoms with Gasteiger partial charge in [-0.05, 0) is 50.7 Å². The molecular weight excluding hydrogens is 352 g/mol. The van der Waals surface area contributed by atoms with Crippen molar-refractivity contribution < 1.29 is 4.79 Å². The average Bonchev–Trinajstić information content (AvgIpc) is 3.14. The third kappa shape index (κ3) is 3.89. The maximum Gasteiger partial charge on any atom is 0.228 e. The van der Waals surface area contributed by atoms with Crippen molar-refractivity contribution in [1.29, 1.82) is 0 Å². The fourth-order valence-corrected chi connectivity index (χ4v) is 3.82. The van der Waals surface area contributed by atoms with Gasteiger partial charge in [0, 0.05) is 43.3 Å². The smallest absolute Gasteiger partial charge is 0.228 e. The van der Waals surface area contributed by atoms with Gasteiger partial charge in [-0.2, -0.15) is 15.3 Å². The van der Waals surface area contributed by atoms with E-state index in [9.17, 15) is 4.79 Å². The number of aromatic nitrogens is 4. The zero-order valence-corrected chi connectivity index (χ0v) is 16.7. The van der Waals surface area contributed by atoms with Crippen LogP contribution in [0.5, 0.6) is 0 Å². The van der Waals surface area contributed by atoms with E-state index in [1.807, 2.05) is 42.5 Å². The van der Waals surface area contributed by atoms with Crippen LogP contribution < -0.4 is 0 Å². The Morgan fingerprint density at radius 2 is 1.93 bits per heavy atom. The summed E-state index contributed by atoms with van der Waals surface area (Å²) in [7, 11) is 6.11. The monoisotopic (exact) mass is 378 g/mol. The third-order valence-electron chi connectivity index (χ3n) is 5.55. The van der Waals surface area contributed by atoms with Crippen molar-refractivity contribution in [1.82, 2.24) is 29.8 Å². The van der Waals surface area contributed by atoms with Gasteiger partial charge in [0.05, 0.1) is 23.8 Å². The Morgan fingerprint density at radius 3 is 2.61 bits per heavy atom. The summed E-state index contributed by atoms with van der Waals surface area (Å²) in [6.45, 7) is 1.63. The number of nitrogens with zero attached hydrogens (tertiary/aromatic N) is 6. The highest BCUT2D eigenvalue weighted by Gasteiger charge is 2.24. The van der Waals surface area contributed by atoms with Gasteiger partial charge in [0.15, 0.2) is 0 Å². The van der Waals surface area contributed by atoms with Gasteiger partial charge in [-0.3, -0.25) is 9.48 Å².